The van der Waals surface area contributed by atoms with Gasteiger partial charge in [0.2, 0.25) is 17.7 Å². The number of ether oxygens (including phenoxy) is 1. The molecule has 1 fully saturated rings. The highest BCUT2D eigenvalue weighted by Gasteiger charge is 2.39. The third-order valence-corrected chi connectivity index (χ3v) is 9.59. The predicted molar refractivity (Wildman–Crippen MR) is 200 cm³/mol. The first-order valence-corrected chi connectivity index (χ1v) is 18.9. The molecule has 1 aliphatic rings. The molecule has 3 rings (SSSR count). The first-order valence-electron chi connectivity index (χ1n) is 18.0. The minimum atomic E-state index is -1.09. The summed E-state index contributed by atoms with van der Waals surface area (Å²) in [5.41, 5.74) is 0.555. The number of carbonyl (C=O) groups is 4. The smallest absolute Gasteiger partial charge is 0.410 e. The van der Waals surface area contributed by atoms with Gasteiger partial charge < -0.3 is 30.7 Å². The summed E-state index contributed by atoms with van der Waals surface area (Å²) in [6, 6.07) is 7.22. The molecule has 51 heavy (non-hydrogen) atoms. The third-order valence-electron chi connectivity index (χ3n) is 8.39. The molecule has 13 heteroatoms. The second kappa shape index (κ2) is 18.3. The van der Waals surface area contributed by atoms with E-state index in [9.17, 15) is 24.3 Å². The summed E-state index contributed by atoms with van der Waals surface area (Å²) in [5.74, 6) is -0.822. The van der Waals surface area contributed by atoms with Crippen LogP contribution in [0, 0.1) is 5.92 Å². The van der Waals surface area contributed by atoms with E-state index in [2.05, 4.69) is 34.8 Å². The number of nitrogens with one attached hydrogen (secondary N) is 3. The maximum Gasteiger partial charge on any atom is 0.410 e. The molecule has 2 heterocycles. The van der Waals surface area contributed by atoms with Gasteiger partial charge in [0.25, 0.3) is 0 Å². The van der Waals surface area contributed by atoms with Crippen LogP contribution in [0.5, 0.6) is 0 Å². The Morgan fingerprint density at radius 3 is 2.24 bits per heavy atom. The zero-order valence-electron chi connectivity index (χ0n) is 32.1. The average Bonchev–Trinajstić information content (AvgIpc) is 3.51. The van der Waals surface area contributed by atoms with E-state index in [-0.39, 0.29) is 37.2 Å². The zero-order valence-corrected chi connectivity index (χ0v) is 32.9. The summed E-state index contributed by atoms with van der Waals surface area (Å²) in [4.78, 5) is 61.5. The number of carbonyl (C=O) groups excluding carboxylic acids is 4. The number of aliphatic hydroxyl groups excluding tert-OH is 1. The van der Waals surface area contributed by atoms with Crippen molar-refractivity contribution in [3.8, 4) is 0 Å². The summed E-state index contributed by atoms with van der Waals surface area (Å²) in [7, 11) is 0. The minimum Gasteiger partial charge on any atom is -0.444 e. The number of β-amino-alcohol motifs (C(OH)–C–C–N with tert-alkyl or cyclic N) is 1. The van der Waals surface area contributed by atoms with Crippen LogP contribution in [0.3, 0.4) is 0 Å². The van der Waals surface area contributed by atoms with Gasteiger partial charge in [-0.15, -0.1) is 11.3 Å². The number of thiazole rings is 1. The normalized spacial score (nSPS) is 17.5. The third kappa shape index (κ3) is 13.8. The number of rotatable bonds is 14. The van der Waals surface area contributed by atoms with E-state index in [4.69, 9.17) is 4.74 Å². The Hall–Kier alpha value is -3.55. The van der Waals surface area contributed by atoms with E-state index < -0.39 is 47.4 Å². The molecule has 1 aromatic heterocycles. The molecule has 0 radical (unpaired) electrons. The van der Waals surface area contributed by atoms with E-state index in [0.717, 1.165) is 16.3 Å². The molecule has 1 aromatic carbocycles. The number of hydrogen-bond acceptors (Lipinski definition) is 9. The van der Waals surface area contributed by atoms with Crippen molar-refractivity contribution in [2.24, 2.45) is 5.92 Å². The lowest BCUT2D eigenvalue weighted by atomic mass is 9.97. The Labute approximate surface area is 308 Å². The van der Waals surface area contributed by atoms with Crippen molar-refractivity contribution in [1.29, 1.82) is 0 Å². The van der Waals surface area contributed by atoms with E-state index in [1.807, 2.05) is 75.2 Å². The van der Waals surface area contributed by atoms with Crippen LogP contribution in [-0.4, -0.2) is 105 Å². The molecule has 0 bridgehead atoms. The molecule has 4 atom stereocenters. The topological polar surface area (TPSA) is 153 Å². The van der Waals surface area contributed by atoms with Crippen LogP contribution in [-0.2, 0) is 32.0 Å². The highest BCUT2D eigenvalue weighted by molar-refractivity contribution is 7.09. The second-order valence-electron chi connectivity index (χ2n) is 16.2. The monoisotopic (exact) mass is 728 g/mol. The van der Waals surface area contributed by atoms with E-state index in [0.29, 0.717) is 31.8 Å². The summed E-state index contributed by atoms with van der Waals surface area (Å²) in [5, 5.41) is 23.8. The number of benzene rings is 1. The van der Waals surface area contributed by atoms with E-state index in [1.165, 1.54) is 4.90 Å². The number of piperazine rings is 1. The largest absolute Gasteiger partial charge is 0.444 e. The zero-order chi connectivity index (χ0) is 38.1. The lowest BCUT2D eigenvalue weighted by Crippen LogP contribution is -2.64. The Morgan fingerprint density at radius 1 is 1.00 bits per heavy atom. The lowest BCUT2D eigenvalue weighted by molar-refractivity contribution is -0.132. The SMILES string of the molecule is CC(C)c1nc(CCC(=O)N[C@H](C(=O)N[C@@H](Cc2ccccc2)[C@H](O)CN2CCN(C(=O)OC(C)(C)C)CC2C(=O)NC(C)(C)C)C(C)C)cs1. The van der Waals surface area contributed by atoms with Crippen molar-refractivity contribution in [2.75, 3.05) is 26.2 Å². The van der Waals surface area contributed by atoms with Gasteiger partial charge in [0.1, 0.15) is 17.7 Å². The minimum absolute atomic E-state index is 0.0624. The lowest BCUT2D eigenvalue weighted by Gasteiger charge is -2.43. The van der Waals surface area contributed by atoms with Gasteiger partial charge in [-0.1, -0.05) is 58.0 Å². The molecule has 1 aliphatic heterocycles. The van der Waals surface area contributed by atoms with Crippen molar-refractivity contribution in [3.05, 3.63) is 52.0 Å². The molecule has 12 nitrogen and oxygen atoms in total. The van der Waals surface area contributed by atoms with Crippen LogP contribution < -0.4 is 16.0 Å². The van der Waals surface area contributed by atoms with E-state index >= 15 is 0 Å². The maximum atomic E-state index is 13.8. The van der Waals surface area contributed by atoms with Gasteiger partial charge in [0.15, 0.2) is 0 Å². The fourth-order valence-corrected chi connectivity index (χ4v) is 6.62. The highest BCUT2D eigenvalue weighted by atomic mass is 32.1. The Bertz CT molecular complexity index is 1450. The maximum absolute atomic E-state index is 13.8. The van der Waals surface area contributed by atoms with Gasteiger partial charge in [0, 0.05) is 49.4 Å². The number of aromatic nitrogens is 1. The van der Waals surface area contributed by atoms with Crippen LogP contribution in [0.4, 0.5) is 4.79 Å². The van der Waals surface area contributed by atoms with Gasteiger partial charge in [-0.2, -0.15) is 0 Å². The van der Waals surface area contributed by atoms with Gasteiger partial charge in [0.05, 0.1) is 22.8 Å². The number of hydrogen-bond donors (Lipinski definition) is 4. The fraction of sp³-hybridized carbons (Fsp3) is 0.658. The van der Waals surface area contributed by atoms with Gasteiger partial charge in [-0.25, -0.2) is 9.78 Å². The number of nitrogens with zero attached hydrogens (tertiary/aromatic N) is 3. The van der Waals surface area contributed by atoms with Crippen LogP contribution >= 0.6 is 11.3 Å². The van der Waals surface area contributed by atoms with Crippen LogP contribution in [0.25, 0.3) is 0 Å². The van der Waals surface area contributed by atoms with Crippen molar-refractivity contribution < 1.29 is 29.0 Å². The molecule has 2 aromatic rings. The Kier molecular flexibility index (Phi) is 15.0. The van der Waals surface area contributed by atoms with Crippen LogP contribution in [0.2, 0.25) is 0 Å². The molecule has 284 valence electrons. The molecule has 1 saturated heterocycles. The number of aliphatic hydroxyl groups is 1. The summed E-state index contributed by atoms with van der Waals surface area (Å²) in [6.45, 7) is 19.7. The predicted octanol–water partition coefficient (Wildman–Crippen LogP) is 4.26. The van der Waals surface area contributed by atoms with Crippen molar-refractivity contribution in [3.63, 3.8) is 0 Å². The first-order chi connectivity index (χ1) is 23.7. The van der Waals surface area contributed by atoms with Gasteiger partial charge in [-0.3, -0.25) is 19.3 Å². The average molecular weight is 729 g/mol. The standard InChI is InChI=1S/C38H60N6O6S/c1-24(2)32(41-31(46)17-16-27-23-51-35(39-27)25(3)4)34(48)40-28(20-26-14-12-11-13-15-26)30(45)22-43-18-19-44(36(49)50-38(8,9)10)21-29(43)33(47)42-37(5,6)7/h11-15,23-25,28-30,32,45H,16-22H2,1-10H3,(H,40,48)(H,41,46)(H,42,47)/t28-,29?,30+,32-/m0/s1. The Balaban J connectivity index is 1.77. The molecule has 0 spiro atoms. The fourth-order valence-electron chi connectivity index (χ4n) is 5.75. The van der Waals surface area contributed by atoms with Gasteiger partial charge in [-0.05, 0) is 65.9 Å². The number of aryl methyl sites for hydroxylation is 1. The summed E-state index contributed by atoms with van der Waals surface area (Å²) < 4.78 is 5.59. The molecular weight excluding hydrogens is 669 g/mol. The first kappa shape index (κ1) is 41.9. The molecule has 4 amide bonds. The molecule has 0 aliphatic carbocycles. The Morgan fingerprint density at radius 2 is 1.67 bits per heavy atom. The van der Waals surface area contributed by atoms with E-state index in [1.54, 1.807) is 32.1 Å². The highest BCUT2D eigenvalue weighted by Crippen LogP contribution is 2.21. The van der Waals surface area contributed by atoms with Crippen molar-refractivity contribution >= 4 is 35.2 Å². The van der Waals surface area contributed by atoms with Crippen LogP contribution in [0.1, 0.15) is 97.8 Å². The summed E-state index contributed by atoms with van der Waals surface area (Å²) in [6.07, 6.45) is -0.594. The number of amides is 4. The molecule has 4 N–H and O–H groups in total. The quantitative estimate of drug-likeness (QED) is 0.225. The molecule has 1 unspecified atom stereocenters. The summed E-state index contributed by atoms with van der Waals surface area (Å²) >= 11 is 1.58. The van der Waals surface area contributed by atoms with Crippen molar-refractivity contribution in [2.45, 2.75) is 130 Å². The molecule has 0 saturated carbocycles. The van der Waals surface area contributed by atoms with Crippen LogP contribution in [0.15, 0.2) is 35.7 Å². The second-order valence-corrected chi connectivity index (χ2v) is 17.1. The molecular formula is C38H60N6O6S. The van der Waals surface area contributed by atoms with Crippen molar-refractivity contribution in [1.82, 2.24) is 30.7 Å². The van der Waals surface area contributed by atoms with Gasteiger partial charge >= 0.3 is 6.09 Å².